The molecule has 2 heterocycles. The highest BCUT2D eigenvalue weighted by molar-refractivity contribution is 5.99. The molecule has 0 aliphatic heterocycles. The average molecular weight is 272 g/mol. The predicted octanol–water partition coefficient (Wildman–Crippen LogP) is 2.34. The molecule has 0 radical (unpaired) electrons. The molecular weight excluding hydrogens is 256 g/mol. The van der Waals surface area contributed by atoms with Crippen molar-refractivity contribution in [3.8, 4) is 0 Å². The average Bonchev–Trinajstić information content (AvgIpc) is 3.15. The van der Waals surface area contributed by atoms with Gasteiger partial charge in [0.15, 0.2) is 5.82 Å². The van der Waals surface area contributed by atoms with E-state index < -0.39 is 0 Å². The monoisotopic (exact) mass is 272 g/mol. The van der Waals surface area contributed by atoms with Gasteiger partial charge in [-0.1, -0.05) is 0 Å². The van der Waals surface area contributed by atoms with Gasteiger partial charge in [-0.25, -0.2) is 4.79 Å². The maximum absolute atomic E-state index is 11.9. The molecule has 7 nitrogen and oxygen atoms in total. The summed E-state index contributed by atoms with van der Waals surface area (Å²) in [4.78, 5) is 11.9. The second kappa shape index (κ2) is 4.92. The fourth-order valence-electron chi connectivity index (χ4n) is 1.96. The van der Waals surface area contributed by atoms with E-state index in [2.05, 4.69) is 31.0 Å². The van der Waals surface area contributed by atoms with Gasteiger partial charge in [0.25, 0.3) is 0 Å². The van der Waals surface area contributed by atoms with Gasteiger partial charge in [0.1, 0.15) is 0 Å². The van der Waals surface area contributed by atoms with Crippen LogP contribution in [0.1, 0.15) is 35.7 Å². The minimum Gasteiger partial charge on any atom is -0.305 e. The highest BCUT2D eigenvalue weighted by atomic mass is 16.2. The van der Waals surface area contributed by atoms with Crippen LogP contribution < -0.4 is 10.6 Å². The number of aromatic nitrogens is 4. The minimum absolute atomic E-state index is 0.342. The van der Waals surface area contributed by atoms with Crippen molar-refractivity contribution in [2.75, 3.05) is 10.6 Å². The molecule has 2 aromatic rings. The molecular formula is C13H16N6O. The molecule has 2 aromatic heterocycles. The van der Waals surface area contributed by atoms with E-state index in [1.54, 1.807) is 12.3 Å². The Morgan fingerprint density at radius 3 is 2.80 bits per heavy atom. The number of nitrogens with one attached hydrogen (secondary N) is 3. The number of anilines is 2. The van der Waals surface area contributed by atoms with Crippen molar-refractivity contribution in [3.63, 3.8) is 0 Å². The number of nitrogens with zero attached hydrogens (tertiary/aromatic N) is 3. The highest BCUT2D eigenvalue weighted by Gasteiger charge is 2.28. The predicted molar refractivity (Wildman–Crippen MR) is 74.7 cm³/mol. The summed E-state index contributed by atoms with van der Waals surface area (Å²) in [6.45, 7) is 3.80. The maximum atomic E-state index is 11.9. The Labute approximate surface area is 116 Å². The van der Waals surface area contributed by atoms with Gasteiger partial charge in [-0.05, 0) is 38.3 Å². The Kier molecular flexibility index (Phi) is 3.09. The first-order valence-corrected chi connectivity index (χ1v) is 6.55. The fourth-order valence-corrected chi connectivity index (χ4v) is 1.96. The second-order valence-corrected chi connectivity index (χ2v) is 5.05. The Balaban J connectivity index is 1.67. The second-order valence-electron chi connectivity index (χ2n) is 5.05. The zero-order chi connectivity index (χ0) is 14.1. The van der Waals surface area contributed by atoms with Crippen LogP contribution in [0.3, 0.4) is 0 Å². The van der Waals surface area contributed by atoms with Crippen molar-refractivity contribution in [3.05, 3.63) is 29.2 Å². The number of amides is 2. The normalized spacial score (nSPS) is 14.1. The highest BCUT2D eigenvalue weighted by Crippen LogP contribution is 2.42. The first-order chi connectivity index (χ1) is 9.63. The van der Waals surface area contributed by atoms with Crippen LogP contribution in [0.2, 0.25) is 0 Å². The molecule has 1 aliphatic carbocycles. The molecule has 0 atom stereocenters. The Morgan fingerprint density at radius 2 is 2.10 bits per heavy atom. The summed E-state index contributed by atoms with van der Waals surface area (Å²) in [5.74, 6) is 0.927. The molecule has 1 aliphatic rings. The number of urea groups is 1. The minimum atomic E-state index is -0.342. The Bertz CT molecular complexity index is 646. The molecule has 1 saturated carbocycles. The summed E-state index contributed by atoms with van der Waals surface area (Å²) in [5, 5.41) is 20.3. The lowest BCUT2D eigenvalue weighted by Crippen LogP contribution is -2.21. The van der Waals surface area contributed by atoms with E-state index in [0.717, 1.165) is 35.5 Å². The van der Waals surface area contributed by atoms with Crippen LogP contribution in [0.25, 0.3) is 0 Å². The van der Waals surface area contributed by atoms with E-state index >= 15 is 0 Å². The smallest absolute Gasteiger partial charge is 0.305 e. The van der Waals surface area contributed by atoms with Gasteiger partial charge in [0.2, 0.25) is 0 Å². The molecule has 1 fully saturated rings. The van der Waals surface area contributed by atoms with Crippen molar-refractivity contribution in [2.24, 2.45) is 0 Å². The lowest BCUT2D eigenvalue weighted by molar-refractivity contribution is 0.262. The molecule has 0 bridgehead atoms. The van der Waals surface area contributed by atoms with Gasteiger partial charge in [-0.3, -0.25) is 10.4 Å². The van der Waals surface area contributed by atoms with Crippen molar-refractivity contribution in [1.29, 1.82) is 0 Å². The number of H-pyrrole nitrogens is 1. The third-order valence-corrected chi connectivity index (χ3v) is 3.38. The van der Waals surface area contributed by atoms with E-state index in [-0.39, 0.29) is 6.03 Å². The molecule has 3 rings (SSSR count). The van der Waals surface area contributed by atoms with Gasteiger partial charge in [0.05, 0.1) is 23.3 Å². The molecule has 0 saturated heterocycles. The molecule has 3 N–H and O–H groups in total. The molecule has 0 aromatic carbocycles. The van der Waals surface area contributed by atoms with Crippen molar-refractivity contribution < 1.29 is 4.79 Å². The topological polar surface area (TPSA) is 95.6 Å². The number of carbonyl (C=O) groups excluding carboxylic acids is 1. The zero-order valence-corrected chi connectivity index (χ0v) is 11.4. The summed E-state index contributed by atoms with van der Waals surface area (Å²) in [5.41, 5.74) is 3.55. The lowest BCUT2D eigenvalue weighted by atomic mass is 10.2. The van der Waals surface area contributed by atoms with Gasteiger partial charge >= 0.3 is 6.03 Å². The Morgan fingerprint density at radius 1 is 1.30 bits per heavy atom. The van der Waals surface area contributed by atoms with E-state index in [9.17, 15) is 4.79 Å². The zero-order valence-electron chi connectivity index (χ0n) is 11.4. The molecule has 2 amide bonds. The maximum Gasteiger partial charge on any atom is 0.324 e. The fraction of sp³-hybridized carbons (Fsp3) is 0.385. The van der Waals surface area contributed by atoms with Crippen LogP contribution in [0.4, 0.5) is 16.3 Å². The van der Waals surface area contributed by atoms with Crippen LogP contribution in [0, 0.1) is 13.8 Å². The number of aryl methyl sites for hydroxylation is 2. The van der Waals surface area contributed by atoms with Crippen LogP contribution in [-0.4, -0.2) is 26.4 Å². The number of aromatic amines is 1. The third kappa shape index (κ3) is 2.61. The molecule has 7 heteroatoms. The van der Waals surface area contributed by atoms with Gasteiger partial charge in [-0.2, -0.15) is 10.2 Å². The van der Waals surface area contributed by atoms with Crippen LogP contribution in [-0.2, 0) is 0 Å². The summed E-state index contributed by atoms with van der Waals surface area (Å²) < 4.78 is 0. The van der Waals surface area contributed by atoms with Gasteiger partial charge in [-0.15, -0.1) is 5.10 Å². The number of hydrogen-bond donors (Lipinski definition) is 3. The quantitative estimate of drug-likeness (QED) is 0.799. The standard InChI is InChI=1S/C13H16N6O/c1-7-5-11(18-17-8(7)2)16-13(20)15-10-6-14-19-12(10)9-3-4-9/h5-6,9H,3-4H2,1-2H3,(H,14,19)(H2,15,16,18,20). The molecule has 104 valence electrons. The SMILES string of the molecule is Cc1cc(NC(=O)Nc2cn[nH]c2C2CC2)nnc1C. The van der Waals surface area contributed by atoms with Crippen molar-refractivity contribution >= 4 is 17.5 Å². The summed E-state index contributed by atoms with van der Waals surface area (Å²) in [6, 6.07) is 1.45. The Hall–Kier alpha value is -2.44. The van der Waals surface area contributed by atoms with E-state index in [1.165, 1.54) is 0 Å². The molecule has 0 unspecified atom stereocenters. The summed E-state index contributed by atoms with van der Waals surface area (Å²) >= 11 is 0. The van der Waals surface area contributed by atoms with Gasteiger partial charge < -0.3 is 5.32 Å². The first-order valence-electron chi connectivity index (χ1n) is 6.55. The largest absolute Gasteiger partial charge is 0.324 e. The van der Waals surface area contributed by atoms with Crippen LogP contribution in [0.15, 0.2) is 12.3 Å². The van der Waals surface area contributed by atoms with Gasteiger partial charge in [0, 0.05) is 5.92 Å². The number of carbonyl (C=O) groups is 1. The van der Waals surface area contributed by atoms with Crippen LogP contribution in [0.5, 0.6) is 0 Å². The number of hydrogen-bond acceptors (Lipinski definition) is 4. The molecule has 20 heavy (non-hydrogen) atoms. The van der Waals surface area contributed by atoms with Crippen molar-refractivity contribution in [2.45, 2.75) is 32.6 Å². The van der Waals surface area contributed by atoms with Crippen molar-refractivity contribution in [1.82, 2.24) is 20.4 Å². The van der Waals surface area contributed by atoms with E-state index in [0.29, 0.717) is 11.7 Å². The lowest BCUT2D eigenvalue weighted by Gasteiger charge is -2.07. The molecule has 0 spiro atoms. The van der Waals surface area contributed by atoms with E-state index in [1.807, 2.05) is 13.8 Å². The number of rotatable bonds is 3. The summed E-state index contributed by atoms with van der Waals surface area (Å²) in [6.07, 6.45) is 3.90. The van der Waals surface area contributed by atoms with E-state index in [4.69, 9.17) is 0 Å². The van der Waals surface area contributed by atoms with Crippen LogP contribution >= 0.6 is 0 Å². The summed E-state index contributed by atoms with van der Waals surface area (Å²) in [7, 11) is 0. The third-order valence-electron chi connectivity index (χ3n) is 3.38. The first kappa shape index (κ1) is 12.6.